The summed E-state index contributed by atoms with van der Waals surface area (Å²) in [5.74, 6) is -0.0920. The molecule has 4 heteroatoms. The van der Waals surface area contributed by atoms with Crippen LogP contribution in [-0.4, -0.2) is 24.5 Å². The van der Waals surface area contributed by atoms with Crippen molar-refractivity contribution in [2.45, 2.75) is 13.8 Å². The second kappa shape index (κ2) is 4.49. The predicted octanol–water partition coefficient (Wildman–Crippen LogP) is 2.27. The van der Waals surface area contributed by atoms with Crippen molar-refractivity contribution in [3.8, 4) is 0 Å². The number of hydrogen-bond acceptors (Lipinski definition) is 2. The number of aromatic amines is 1. The van der Waals surface area contributed by atoms with Crippen LogP contribution in [0.5, 0.6) is 0 Å². The largest absolute Gasteiger partial charge is 0.385 e. The summed E-state index contributed by atoms with van der Waals surface area (Å²) in [7, 11) is 1.63. The first-order valence-electron chi connectivity index (χ1n) is 5.75. The first-order valence-corrected chi connectivity index (χ1v) is 5.75. The fourth-order valence-electron chi connectivity index (χ4n) is 1.98. The Morgan fingerprint density at radius 2 is 2.12 bits per heavy atom. The topological polar surface area (TPSA) is 56.9 Å². The molecule has 0 atom stereocenters. The van der Waals surface area contributed by atoms with Crippen LogP contribution < -0.4 is 10.6 Å². The lowest BCUT2D eigenvalue weighted by atomic mass is 10.1. The average molecular weight is 231 g/mol. The predicted molar refractivity (Wildman–Crippen MR) is 70.6 cm³/mol. The number of anilines is 1. The number of H-pyrrole nitrogens is 1. The maximum atomic E-state index is 11.5. The maximum Gasteiger partial charge on any atom is 0.267 e. The molecule has 0 bridgehead atoms. The van der Waals surface area contributed by atoms with Crippen molar-refractivity contribution in [2.75, 3.05) is 18.9 Å². The third-order valence-electron chi connectivity index (χ3n) is 2.80. The van der Waals surface area contributed by atoms with Crippen molar-refractivity contribution in [1.82, 2.24) is 10.3 Å². The van der Waals surface area contributed by atoms with Gasteiger partial charge in [0.2, 0.25) is 0 Å². The molecule has 0 aliphatic carbocycles. The summed E-state index contributed by atoms with van der Waals surface area (Å²) in [5, 5.41) is 6.98. The molecule has 3 N–H and O–H groups in total. The highest BCUT2D eigenvalue weighted by atomic mass is 16.1. The van der Waals surface area contributed by atoms with Crippen LogP contribution in [0.2, 0.25) is 0 Å². The molecule has 0 aliphatic heterocycles. The van der Waals surface area contributed by atoms with Gasteiger partial charge in [0.15, 0.2) is 0 Å². The lowest BCUT2D eigenvalue weighted by Crippen LogP contribution is -2.17. The second-order valence-corrected chi connectivity index (χ2v) is 4.05. The first kappa shape index (κ1) is 11.5. The summed E-state index contributed by atoms with van der Waals surface area (Å²) in [4.78, 5) is 14.7. The van der Waals surface area contributed by atoms with Gasteiger partial charge in [-0.15, -0.1) is 0 Å². The molecule has 0 aliphatic rings. The van der Waals surface area contributed by atoms with Crippen molar-refractivity contribution in [2.24, 2.45) is 0 Å². The van der Waals surface area contributed by atoms with E-state index in [4.69, 9.17) is 0 Å². The lowest BCUT2D eigenvalue weighted by Gasteiger charge is -2.05. The van der Waals surface area contributed by atoms with Gasteiger partial charge in [-0.2, -0.15) is 0 Å². The number of rotatable bonds is 3. The number of hydrogen-bond donors (Lipinski definition) is 3. The Labute approximate surface area is 100 Å². The molecular formula is C13H17N3O. The van der Waals surface area contributed by atoms with Crippen LogP contribution in [0, 0.1) is 6.92 Å². The monoisotopic (exact) mass is 231 g/mol. The summed E-state index contributed by atoms with van der Waals surface area (Å²) in [6, 6.07) is 6.00. The zero-order valence-corrected chi connectivity index (χ0v) is 10.3. The smallest absolute Gasteiger partial charge is 0.267 e. The Balaban J connectivity index is 2.52. The molecule has 0 saturated carbocycles. The van der Waals surface area contributed by atoms with Gasteiger partial charge in [0, 0.05) is 30.2 Å². The number of carbonyl (C=O) groups is 1. The highest BCUT2D eigenvalue weighted by Crippen LogP contribution is 2.24. The van der Waals surface area contributed by atoms with Crippen molar-refractivity contribution in [1.29, 1.82) is 0 Å². The molecule has 1 aromatic heterocycles. The first-order chi connectivity index (χ1) is 8.15. The molecule has 0 spiro atoms. The van der Waals surface area contributed by atoms with Crippen LogP contribution in [0.1, 0.15) is 23.0 Å². The summed E-state index contributed by atoms with van der Waals surface area (Å²) in [5.41, 5.74) is 3.81. The van der Waals surface area contributed by atoms with Gasteiger partial charge < -0.3 is 15.6 Å². The number of fused-ring (bicyclic) bond motifs is 1. The van der Waals surface area contributed by atoms with Crippen LogP contribution in [0.4, 0.5) is 5.69 Å². The highest BCUT2D eigenvalue weighted by Gasteiger charge is 2.09. The molecule has 0 radical (unpaired) electrons. The number of amides is 1. The normalized spacial score (nSPS) is 10.5. The van der Waals surface area contributed by atoms with Gasteiger partial charge >= 0.3 is 0 Å². The number of aryl methyl sites for hydroxylation is 1. The van der Waals surface area contributed by atoms with Crippen molar-refractivity contribution < 1.29 is 4.79 Å². The molecule has 2 aromatic rings. The average Bonchev–Trinajstić information content (AvgIpc) is 2.73. The van der Waals surface area contributed by atoms with E-state index in [9.17, 15) is 4.79 Å². The Hall–Kier alpha value is -1.97. The zero-order chi connectivity index (χ0) is 12.4. The van der Waals surface area contributed by atoms with Crippen molar-refractivity contribution in [3.63, 3.8) is 0 Å². The summed E-state index contributed by atoms with van der Waals surface area (Å²) in [6.45, 7) is 4.99. The van der Waals surface area contributed by atoms with Gasteiger partial charge in [-0.3, -0.25) is 4.79 Å². The molecule has 0 unspecified atom stereocenters. The maximum absolute atomic E-state index is 11.5. The van der Waals surface area contributed by atoms with E-state index in [-0.39, 0.29) is 5.91 Å². The van der Waals surface area contributed by atoms with E-state index >= 15 is 0 Å². The molecule has 90 valence electrons. The lowest BCUT2D eigenvalue weighted by molar-refractivity contribution is 0.0959. The Morgan fingerprint density at radius 3 is 2.76 bits per heavy atom. The number of carbonyl (C=O) groups excluding carboxylic acids is 1. The third kappa shape index (κ3) is 2.11. The highest BCUT2D eigenvalue weighted by molar-refractivity contribution is 5.99. The van der Waals surface area contributed by atoms with E-state index in [0.29, 0.717) is 5.69 Å². The Morgan fingerprint density at radius 1 is 1.35 bits per heavy atom. The fraction of sp³-hybridized carbons (Fsp3) is 0.308. The van der Waals surface area contributed by atoms with E-state index in [1.807, 2.05) is 19.1 Å². The number of benzene rings is 1. The van der Waals surface area contributed by atoms with Crippen LogP contribution in [0.15, 0.2) is 18.2 Å². The molecular weight excluding hydrogens is 214 g/mol. The molecule has 2 rings (SSSR count). The quantitative estimate of drug-likeness (QED) is 0.759. The molecule has 0 saturated heterocycles. The van der Waals surface area contributed by atoms with Gasteiger partial charge in [0.25, 0.3) is 5.91 Å². The summed E-state index contributed by atoms with van der Waals surface area (Å²) < 4.78 is 0. The zero-order valence-electron chi connectivity index (χ0n) is 10.3. The van der Waals surface area contributed by atoms with E-state index in [0.717, 1.165) is 28.7 Å². The third-order valence-corrected chi connectivity index (χ3v) is 2.80. The second-order valence-electron chi connectivity index (χ2n) is 4.05. The minimum absolute atomic E-state index is 0.0920. The van der Waals surface area contributed by atoms with Gasteiger partial charge in [-0.1, -0.05) is 0 Å². The molecule has 1 heterocycles. The van der Waals surface area contributed by atoms with Crippen LogP contribution in [0.3, 0.4) is 0 Å². The van der Waals surface area contributed by atoms with Crippen molar-refractivity contribution in [3.05, 3.63) is 29.5 Å². The molecule has 17 heavy (non-hydrogen) atoms. The van der Waals surface area contributed by atoms with Crippen LogP contribution in [0.25, 0.3) is 10.9 Å². The van der Waals surface area contributed by atoms with Crippen LogP contribution in [-0.2, 0) is 0 Å². The molecule has 0 fully saturated rings. The fourth-order valence-corrected chi connectivity index (χ4v) is 1.98. The van der Waals surface area contributed by atoms with Gasteiger partial charge in [0.05, 0.1) is 0 Å². The minimum Gasteiger partial charge on any atom is -0.385 e. The van der Waals surface area contributed by atoms with E-state index in [2.05, 4.69) is 28.6 Å². The number of aromatic nitrogens is 1. The summed E-state index contributed by atoms with van der Waals surface area (Å²) in [6.07, 6.45) is 0. The SMILES string of the molecule is CCNc1cc(C)c2cc(C(=O)NC)[nH]c2c1. The number of nitrogens with one attached hydrogen (secondary N) is 3. The summed E-state index contributed by atoms with van der Waals surface area (Å²) >= 11 is 0. The van der Waals surface area contributed by atoms with E-state index < -0.39 is 0 Å². The molecule has 4 nitrogen and oxygen atoms in total. The van der Waals surface area contributed by atoms with Gasteiger partial charge in [0.1, 0.15) is 5.69 Å². The van der Waals surface area contributed by atoms with Gasteiger partial charge in [-0.25, -0.2) is 0 Å². The molecule has 1 amide bonds. The Bertz CT molecular complexity index is 557. The van der Waals surface area contributed by atoms with Crippen molar-refractivity contribution >= 4 is 22.5 Å². The van der Waals surface area contributed by atoms with Gasteiger partial charge in [-0.05, 0) is 37.6 Å². The van der Waals surface area contributed by atoms with E-state index in [1.54, 1.807) is 7.05 Å². The molecule has 1 aromatic carbocycles. The Kier molecular flexibility index (Phi) is 3.04. The standard InChI is InChI=1S/C13H17N3O/c1-4-15-9-5-8(2)10-7-12(13(17)14-3)16-11(10)6-9/h5-7,15-16H,4H2,1-3H3,(H,14,17). The van der Waals surface area contributed by atoms with E-state index in [1.165, 1.54) is 0 Å². The van der Waals surface area contributed by atoms with Crippen LogP contribution >= 0.6 is 0 Å². The minimum atomic E-state index is -0.0920.